The molecule has 0 bridgehead atoms. The molecule has 2 N–H and O–H groups in total. The lowest BCUT2D eigenvalue weighted by Gasteiger charge is -2.37. The number of ether oxygens (including phenoxy) is 3. The van der Waals surface area contributed by atoms with E-state index in [1.807, 2.05) is 48.5 Å². The molecule has 248 valence electrons. The monoisotopic (exact) mass is 657 g/mol. The first-order valence-corrected chi connectivity index (χ1v) is 19.3. The molecule has 2 aliphatic heterocycles. The number of carbonyl (C=O) groups is 2. The number of methoxy groups -OCH3 is 2. The topological polar surface area (TPSA) is 123 Å². The fourth-order valence-electron chi connectivity index (χ4n) is 7.94. The number of hydrogen-bond donors (Lipinski definition) is 2. The first-order chi connectivity index (χ1) is 22.6. The first-order valence-electron chi connectivity index (χ1n) is 16.2. The minimum absolute atomic E-state index is 0.0152. The van der Waals surface area contributed by atoms with Gasteiger partial charge in [-0.3, -0.25) is 19.5 Å². The standard InChI is InChI=1S/C36H43N3O7Si/c1-23-33(47(4,5)26-16-14-25(44-2)15-17-26)31(19-21-40)46-36(23)28-22-24(39-34(42)27-10-6-7-11-29(27)37-39)13-18-30(28)38(35(36)43)20-9-8-12-32(41)45-3/h6-7,10-11,13-18,22-23,31,33,37,40H,8-9,12,19-21H2,1-5H3/t23-,31+,33-,36+/m1/s1. The lowest BCUT2D eigenvalue weighted by atomic mass is 9.82. The molecular formula is C36H43N3O7Si. The van der Waals surface area contributed by atoms with Crippen LogP contribution in [0.15, 0.2) is 71.5 Å². The Bertz CT molecular complexity index is 1850. The van der Waals surface area contributed by atoms with Gasteiger partial charge in [-0.1, -0.05) is 49.5 Å². The van der Waals surface area contributed by atoms with Gasteiger partial charge < -0.3 is 24.2 Å². The van der Waals surface area contributed by atoms with E-state index in [2.05, 4.69) is 37.2 Å². The van der Waals surface area contributed by atoms with Crippen LogP contribution in [-0.4, -0.2) is 68.3 Å². The van der Waals surface area contributed by atoms with E-state index in [9.17, 15) is 19.5 Å². The number of hydrogen-bond acceptors (Lipinski definition) is 7. The van der Waals surface area contributed by atoms with Gasteiger partial charge in [-0.2, -0.15) is 0 Å². The number of aliphatic hydroxyl groups excluding tert-OH is 1. The maximum atomic E-state index is 14.8. The third-order valence-corrected chi connectivity index (χ3v) is 14.7. The first kappa shape index (κ1) is 32.7. The fraction of sp³-hybridized carbons (Fsp3) is 0.417. The van der Waals surface area contributed by atoms with Crippen LogP contribution in [0.4, 0.5) is 5.69 Å². The molecule has 1 spiro atoms. The number of aliphatic hydroxyl groups is 1. The zero-order valence-corrected chi connectivity index (χ0v) is 28.6. The molecule has 11 heteroatoms. The molecule has 47 heavy (non-hydrogen) atoms. The summed E-state index contributed by atoms with van der Waals surface area (Å²) in [4.78, 5) is 41.9. The Hall–Kier alpha value is -4.19. The molecule has 1 saturated heterocycles. The number of nitrogens with one attached hydrogen (secondary N) is 1. The number of carbonyl (C=O) groups excluding carboxylic acids is 2. The van der Waals surface area contributed by atoms with Gasteiger partial charge in [-0.25, -0.2) is 4.68 Å². The number of benzene rings is 3. The molecule has 1 aromatic heterocycles. The summed E-state index contributed by atoms with van der Waals surface area (Å²) in [7, 11) is 0.675. The minimum atomic E-state index is -2.34. The van der Waals surface area contributed by atoms with Gasteiger partial charge in [0.15, 0.2) is 5.60 Å². The number of amides is 1. The van der Waals surface area contributed by atoms with Gasteiger partial charge >= 0.3 is 5.97 Å². The molecule has 6 rings (SSSR count). The Morgan fingerprint density at radius 1 is 1.04 bits per heavy atom. The molecule has 2 aliphatic rings. The molecule has 10 nitrogen and oxygen atoms in total. The van der Waals surface area contributed by atoms with Gasteiger partial charge in [0.05, 0.1) is 50.7 Å². The van der Waals surface area contributed by atoms with Crippen molar-refractivity contribution in [2.24, 2.45) is 5.92 Å². The Labute approximate surface area is 275 Å². The molecule has 4 atom stereocenters. The minimum Gasteiger partial charge on any atom is -0.497 e. The maximum Gasteiger partial charge on any atom is 0.305 e. The third kappa shape index (κ3) is 5.40. The van der Waals surface area contributed by atoms with Gasteiger partial charge in [0, 0.05) is 31.1 Å². The average Bonchev–Trinajstić information content (AvgIpc) is 3.66. The largest absolute Gasteiger partial charge is 0.497 e. The average molecular weight is 658 g/mol. The number of aromatic nitrogens is 2. The predicted molar refractivity (Wildman–Crippen MR) is 183 cm³/mol. The van der Waals surface area contributed by atoms with Crippen LogP contribution in [0.25, 0.3) is 16.6 Å². The Kier molecular flexibility index (Phi) is 8.90. The van der Waals surface area contributed by atoms with Crippen molar-refractivity contribution in [1.82, 2.24) is 9.78 Å². The zero-order chi connectivity index (χ0) is 33.5. The molecule has 1 amide bonds. The van der Waals surface area contributed by atoms with Crippen LogP contribution in [0, 0.1) is 5.92 Å². The highest BCUT2D eigenvalue weighted by molar-refractivity contribution is 6.91. The molecule has 3 aromatic carbocycles. The summed E-state index contributed by atoms with van der Waals surface area (Å²) >= 11 is 0. The van der Waals surface area contributed by atoms with Crippen LogP contribution in [0.1, 0.15) is 38.2 Å². The summed E-state index contributed by atoms with van der Waals surface area (Å²) in [5.41, 5.74) is 1.27. The van der Waals surface area contributed by atoms with Crippen LogP contribution in [0.5, 0.6) is 5.75 Å². The van der Waals surface area contributed by atoms with E-state index in [1.165, 1.54) is 17.0 Å². The summed E-state index contributed by atoms with van der Waals surface area (Å²) < 4.78 is 18.8. The maximum absolute atomic E-state index is 14.8. The van der Waals surface area contributed by atoms with E-state index >= 15 is 0 Å². The van der Waals surface area contributed by atoms with E-state index in [0.29, 0.717) is 36.9 Å². The number of aromatic amines is 1. The molecule has 0 radical (unpaired) electrons. The van der Waals surface area contributed by atoms with Crippen molar-refractivity contribution in [2.45, 2.75) is 62.9 Å². The molecule has 4 aromatic rings. The van der Waals surface area contributed by atoms with E-state index in [1.54, 1.807) is 18.1 Å². The quantitative estimate of drug-likeness (QED) is 0.137. The van der Waals surface area contributed by atoms with Crippen LogP contribution >= 0.6 is 0 Å². The van der Waals surface area contributed by atoms with E-state index in [-0.39, 0.29) is 48.0 Å². The fourth-order valence-corrected chi connectivity index (χ4v) is 12.0. The second-order valence-electron chi connectivity index (χ2n) is 13.2. The summed E-state index contributed by atoms with van der Waals surface area (Å²) in [6.45, 7) is 7.04. The summed E-state index contributed by atoms with van der Waals surface area (Å²) in [6, 6.07) is 21.2. The smallest absolute Gasteiger partial charge is 0.305 e. The van der Waals surface area contributed by atoms with Crippen molar-refractivity contribution in [1.29, 1.82) is 0 Å². The second-order valence-corrected chi connectivity index (χ2v) is 17.8. The SMILES string of the molecule is COC(=O)CCCCN1C(=O)[C@@]2(O[C@@H](CCO)[C@H]([Si](C)(C)c3ccc(OC)cc3)[C@H]2C)c2cc(-n3[nH]c4ccccc4c3=O)ccc21. The molecule has 0 saturated carbocycles. The normalized spacial score (nSPS) is 22.3. The number of esters is 1. The highest BCUT2D eigenvalue weighted by Crippen LogP contribution is 2.60. The molecular weight excluding hydrogens is 614 g/mol. The van der Waals surface area contributed by atoms with Crippen molar-refractivity contribution in [2.75, 3.05) is 32.3 Å². The molecule has 3 heterocycles. The number of unbranched alkanes of at least 4 members (excludes halogenated alkanes) is 1. The molecule has 0 unspecified atom stereocenters. The van der Waals surface area contributed by atoms with Crippen molar-refractivity contribution >= 4 is 41.7 Å². The van der Waals surface area contributed by atoms with E-state index in [0.717, 1.165) is 22.5 Å². The predicted octanol–water partition coefficient (Wildman–Crippen LogP) is 4.62. The highest BCUT2D eigenvalue weighted by Gasteiger charge is 2.66. The number of H-pyrrole nitrogens is 1. The van der Waals surface area contributed by atoms with Gasteiger partial charge in [-0.05, 0) is 67.3 Å². The van der Waals surface area contributed by atoms with Gasteiger partial charge in [-0.15, -0.1) is 0 Å². The van der Waals surface area contributed by atoms with Crippen molar-refractivity contribution in [3.63, 3.8) is 0 Å². The van der Waals surface area contributed by atoms with E-state index < -0.39 is 13.7 Å². The van der Waals surface area contributed by atoms with E-state index in [4.69, 9.17) is 14.2 Å². The van der Waals surface area contributed by atoms with Gasteiger partial charge in [0.2, 0.25) is 0 Å². The summed E-state index contributed by atoms with van der Waals surface area (Å²) in [5.74, 6) is 0.101. The molecule has 0 aliphatic carbocycles. The number of rotatable bonds is 11. The number of nitrogens with zero attached hydrogens (tertiary/aromatic N) is 2. The van der Waals surface area contributed by atoms with Gasteiger partial charge in [0.1, 0.15) is 5.75 Å². The number of anilines is 1. The van der Waals surface area contributed by atoms with Crippen molar-refractivity contribution < 1.29 is 28.9 Å². The summed E-state index contributed by atoms with van der Waals surface area (Å²) in [5, 5.41) is 15.2. The van der Waals surface area contributed by atoms with Crippen LogP contribution in [0.2, 0.25) is 18.6 Å². The van der Waals surface area contributed by atoms with Gasteiger partial charge in [0.25, 0.3) is 11.5 Å². The Morgan fingerprint density at radius 3 is 2.47 bits per heavy atom. The lowest BCUT2D eigenvalue weighted by Crippen LogP contribution is -2.52. The lowest BCUT2D eigenvalue weighted by molar-refractivity contribution is -0.146. The summed E-state index contributed by atoms with van der Waals surface area (Å²) in [6.07, 6.45) is 1.48. The Balaban J connectivity index is 1.46. The number of fused-ring (bicyclic) bond motifs is 3. The van der Waals surface area contributed by atoms with Crippen LogP contribution < -0.4 is 20.4 Å². The highest BCUT2D eigenvalue weighted by atomic mass is 28.3. The number of para-hydroxylation sites is 1. The van der Waals surface area contributed by atoms with Crippen molar-refractivity contribution in [3.8, 4) is 11.4 Å². The Morgan fingerprint density at radius 2 is 1.79 bits per heavy atom. The zero-order valence-electron chi connectivity index (χ0n) is 27.6. The van der Waals surface area contributed by atoms with Crippen molar-refractivity contribution in [3.05, 3.63) is 82.6 Å². The van der Waals surface area contributed by atoms with Crippen LogP contribution in [-0.2, 0) is 24.7 Å². The third-order valence-electron chi connectivity index (χ3n) is 10.3. The second kappa shape index (κ2) is 12.8. The van der Waals surface area contributed by atoms with Crippen LogP contribution in [0.3, 0.4) is 0 Å². The molecule has 1 fully saturated rings.